The Morgan fingerprint density at radius 3 is 2.34 bits per heavy atom. The third kappa shape index (κ3) is 8.10. The first kappa shape index (κ1) is 26.1. The van der Waals surface area contributed by atoms with Crippen LogP contribution in [-0.2, 0) is 23.9 Å². The molecule has 0 unspecified atom stereocenters. The molecule has 0 radical (unpaired) electrons. The van der Waals surface area contributed by atoms with E-state index in [1.165, 1.54) is 57.8 Å². The maximum absolute atomic E-state index is 12.4. The Morgan fingerprint density at radius 2 is 1.69 bits per heavy atom. The van der Waals surface area contributed by atoms with Crippen LogP contribution in [0.3, 0.4) is 0 Å². The van der Waals surface area contributed by atoms with Crippen molar-refractivity contribution in [3.63, 3.8) is 0 Å². The Bertz CT molecular complexity index is 722. The number of carbonyl (C=O) groups is 3. The summed E-state index contributed by atoms with van der Waals surface area (Å²) in [7, 11) is 0. The van der Waals surface area contributed by atoms with Crippen LogP contribution in [-0.4, -0.2) is 34.5 Å². The second kappa shape index (κ2) is 12.8. The first-order valence-electron chi connectivity index (χ1n) is 12.3. The molecule has 0 aromatic rings. The Balaban J connectivity index is 1.69. The van der Waals surface area contributed by atoms with Gasteiger partial charge >= 0.3 is 11.9 Å². The monoisotopic (exact) mass is 448 g/mol. The Kier molecular flexibility index (Phi) is 10.5. The van der Waals surface area contributed by atoms with Crippen LogP contribution in [0.5, 0.6) is 0 Å². The van der Waals surface area contributed by atoms with E-state index in [1.807, 2.05) is 13.0 Å². The van der Waals surface area contributed by atoms with Crippen LogP contribution in [0.1, 0.15) is 104 Å². The Labute approximate surface area is 192 Å². The van der Waals surface area contributed by atoms with E-state index in [0.29, 0.717) is 5.92 Å². The molecule has 1 fully saturated rings. The van der Waals surface area contributed by atoms with E-state index in [9.17, 15) is 14.4 Å². The summed E-state index contributed by atoms with van der Waals surface area (Å²) in [4.78, 5) is 35.3. The van der Waals surface area contributed by atoms with E-state index in [0.717, 1.165) is 19.3 Å². The van der Waals surface area contributed by atoms with Crippen LogP contribution in [0.25, 0.3) is 0 Å². The molecular formula is C26H40O6. The molecule has 0 amide bonds. The molecule has 2 aliphatic heterocycles. The average molecular weight is 449 g/mol. The van der Waals surface area contributed by atoms with E-state index in [4.69, 9.17) is 14.6 Å². The SMILES string of the molecule is CCCCCCCCCC[C@H](C)CCC[C@]1(C)C=C/C(=C2\C(=O)O[C@@H](CC(=O)O)C2=O)O1. The number of unbranched alkanes of at least 4 members (excludes halogenated alkanes) is 7. The topological polar surface area (TPSA) is 89.9 Å². The maximum atomic E-state index is 12.4. The summed E-state index contributed by atoms with van der Waals surface area (Å²) in [5.74, 6) is -1.73. The zero-order chi connectivity index (χ0) is 23.6. The van der Waals surface area contributed by atoms with Crippen molar-refractivity contribution in [1.29, 1.82) is 0 Å². The van der Waals surface area contributed by atoms with Crippen molar-refractivity contribution in [3.8, 4) is 0 Å². The number of carbonyl (C=O) groups excluding carboxylic acids is 2. The van der Waals surface area contributed by atoms with Gasteiger partial charge in [-0.3, -0.25) is 9.59 Å². The van der Waals surface area contributed by atoms with Crippen molar-refractivity contribution in [2.24, 2.45) is 5.92 Å². The fraction of sp³-hybridized carbons (Fsp3) is 0.731. The van der Waals surface area contributed by atoms with Gasteiger partial charge in [-0.25, -0.2) is 4.79 Å². The lowest BCUT2D eigenvalue weighted by Crippen LogP contribution is -2.23. The van der Waals surface area contributed by atoms with Gasteiger partial charge in [0.1, 0.15) is 16.9 Å². The molecule has 1 saturated heterocycles. The van der Waals surface area contributed by atoms with Gasteiger partial charge in [0.05, 0.1) is 6.42 Å². The molecule has 6 heteroatoms. The number of hydrogen-bond donors (Lipinski definition) is 1. The number of rotatable bonds is 15. The standard InChI is InChI=1S/C26H40O6/c1-4-5-6-7-8-9-10-11-13-19(2)14-12-16-26(3)17-15-20(32-26)23-24(29)21(18-22(27)28)31-25(23)30/h15,17,19,21H,4-14,16,18H2,1-3H3,(H,27,28)/b23-20+/t19-,21-,26+/m0/s1. The van der Waals surface area contributed by atoms with Crippen LogP contribution in [0, 0.1) is 5.92 Å². The number of Topliss-reactive ketones (excluding diaryl/α,β-unsaturated/α-hetero) is 1. The third-order valence-corrected chi connectivity index (χ3v) is 6.45. The highest BCUT2D eigenvalue weighted by Gasteiger charge is 2.44. The summed E-state index contributed by atoms with van der Waals surface area (Å²) in [6, 6.07) is 0. The smallest absolute Gasteiger partial charge is 0.346 e. The summed E-state index contributed by atoms with van der Waals surface area (Å²) < 4.78 is 10.9. The van der Waals surface area contributed by atoms with Crippen LogP contribution in [0.2, 0.25) is 0 Å². The highest BCUT2D eigenvalue weighted by atomic mass is 16.6. The van der Waals surface area contributed by atoms with Crippen molar-refractivity contribution >= 4 is 17.7 Å². The number of allylic oxidation sites excluding steroid dienone is 1. The van der Waals surface area contributed by atoms with Gasteiger partial charge in [0.2, 0.25) is 5.78 Å². The first-order valence-corrected chi connectivity index (χ1v) is 12.3. The summed E-state index contributed by atoms with van der Waals surface area (Å²) in [5, 5.41) is 8.87. The van der Waals surface area contributed by atoms with E-state index in [-0.39, 0.29) is 11.3 Å². The molecule has 1 N–H and O–H groups in total. The van der Waals surface area contributed by atoms with Gasteiger partial charge in [-0.15, -0.1) is 0 Å². The van der Waals surface area contributed by atoms with Gasteiger partial charge in [-0.1, -0.05) is 78.1 Å². The minimum Gasteiger partial charge on any atom is -0.482 e. The zero-order valence-electron chi connectivity index (χ0n) is 20.0. The Morgan fingerprint density at radius 1 is 1.06 bits per heavy atom. The van der Waals surface area contributed by atoms with Crippen molar-refractivity contribution in [1.82, 2.24) is 0 Å². The predicted octanol–water partition coefficient (Wildman–Crippen LogP) is 5.89. The molecular weight excluding hydrogens is 408 g/mol. The molecule has 0 aliphatic carbocycles. The molecule has 0 aromatic heterocycles. The third-order valence-electron chi connectivity index (χ3n) is 6.45. The fourth-order valence-electron chi connectivity index (χ4n) is 4.43. The quantitative estimate of drug-likeness (QED) is 0.145. The molecule has 3 atom stereocenters. The summed E-state index contributed by atoms with van der Waals surface area (Å²) >= 11 is 0. The molecule has 0 spiro atoms. The van der Waals surface area contributed by atoms with Crippen molar-refractivity contribution in [2.45, 2.75) is 116 Å². The minimum atomic E-state index is -1.26. The highest BCUT2D eigenvalue weighted by molar-refractivity contribution is 6.24. The van der Waals surface area contributed by atoms with Crippen LogP contribution < -0.4 is 0 Å². The second-order valence-corrected chi connectivity index (χ2v) is 9.60. The van der Waals surface area contributed by atoms with Crippen molar-refractivity contribution < 1.29 is 29.0 Å². The molecule has 2 rings (SSSR count). The largest absolute Gasteiger partial charge is 0.482 e. The lowest BCUT2D eigenvalue weighted by Gasteiger charge is -2.24. The number of ketones is 1. The highest BCUT2D eigenvalue weighted by Crippen LogP contribution is 2.35. The van der Waals surface area contributed by atoms with Gasteiger partial charge < -0.3 is 14.6 Å². The minimum absolute atomic E-state index is 0.167. The van der Waals surface area contributed by atoms with Gasteiger partial charge in [0, 0.05) is 0 Å². The van der Waals surface area contributed by atoms with E-state index < -0.39 is 35.8 Å². The molecule has 180 valence electrons. The number of esters is 1. The van der Waals surface area contributed by atoms with E-state index in [2.05, 4.69) is 13.8 Å². The molecule has 0 aromatic carbocycles. The zero-order valence-corrected chi connectivity index (χ0v) is 20.0. The number of carboxylic acid groups (broad SMARTS) is 1. The van der Waals surface area contributed by atoms with Gasteiger partial charge in [0.25, 0.3) is 0 Å². The molecule has 2 aliphatic rings. The van der Waals surface area contributed by atoms with Crippen molar-refractivity contribution in [2.75, 3.05) is 0 Å². The van der Waals surface area contributed by atoms with Crippen molar-refractivity contribution in [3.05, 3.63) is 23.5 Å². The fourth-order valence-corrected chi connectivity index (χ4v) is 4.43. The van der Waals surface area contributed by atoms with Gasteiger partial charge in [0.15, 0.2) is 6.10 Å². The van der Waals surface area contributed by atoms with Crippen LogP contribution >= 0.6 is 0 Å². The molecule has 0 bridgehead atoms. The summed E-state index contributed by atoms with van der Waals surface area (Å²) in [6.45, 7) is 6.50. The summed E-state index contributed by atoms with van der Waals surface area (Å²) in [6.07, 6.45) is 16.6. The van der Waals surface area contributed by atoms with Crippen LogP contribution in [0.4, 0.5) is 0 Å². The number of carboxylic acids is 1. The van der Waals surface area contributed by atoms with E-state index >= 15 is 0 Å². The number of aliphatic carboxylic acids is 1. The van der Waals surface area contributed by atoms with E-state index in [1.54, 1.807) is 6.08 Å². The molecule has 6 nitrogen and oxygen atoms in total. The lowest BCUT2D eigenvalue weighted by atomic mass is 9.92. The maximum Gasteiger partial charge on any atom is 0.346 e. The first-order chi connectivity index (χ1) is 15.3. The van der Waals surface area contributed by atoms with Crippen LogP contribution in [0.15, 0.2) is 23.5 Å². The second-order valence-electron chi connectivity index (χ2n) is 9.60. The molecule has 2 heterocycles. The number of cyclic esters (lactones) is 1. The summed E-state index contributed by atoms with van der Waals surface area (Å²) in [5.41, 5.74) is -0.731. The lowest BCUT2D eigenvalue weighted by molar-refractivity contribution is -0.147. The van der Waals surface area contributed by atoms with Gasteiger partial charge in [-0.2, -0.15) is 0 Å². The number of ether oxygens (including phenoxy) is 2. The Hall–Kier alpha value is -2.11. The van der Waals surface area contributed by atoms with Gasteiger partial charge in [-0.05, 0) is 37.8 Å². The molecule has 0 saturated carbocycles. The average Bonchev–Trinajstić information content (AvgIpc) is 3.22. The predicted molar refractivity (Wildman–Crippen MR) is 123 cm³/mol. The normalized spacial score (nSPS) is 25.8. The number of hydrogen-bond acceptors (Lipinski definition) is 5. The molecule has 32 heavy (non-hydrogen) atoms.